The third-order valence-corrected chi connectivity index (χ3v) is 2.74. The highest BCUT2D eigenvalue weighted by molar-refractivity contribution is 9.08. The minimum Gasteiger partial charge on any atom is -0.487 e. The molecule has 0 aliphatic rings. The molecule has 0 saturated carbocycles. The first-order chi connectivity index (χ1) is 7.90. The zero-order valence-corrected chi connectivity index (χ0v) is 12.5. The molecular weight excluding hydrogens is 346 g/mol. The van der Waals surface area contributed by atoms with Crippen molar-refractivity contribution in [3.8, 4) is 5.75 Å². The first-order valence-electron chi connectivity index (χ1n) is 5.06. The quantitative estimate of drug-likeness (QED) is 0.766. The minimum absolute atomic E-state index is 0. The van der Waals surface area contributed by atoms with Gasteiger partial charge in [0.05, 0.1) is 5.69 Å². The van der Waals surface area contributed by atoms with Gasteiger partial charge in [-0.3, -0.25) is 4.98 Å². The Morgan fingerprint density at radius 2 is 1.82 bits per heavy atom. The van der Waals surface area contributed by atoms with Crippen LogP contribution in [0.5, 0.6) is 5.75 Å². The molecule has 0 amide bonds. The third-order valence-electron chi connectivity index (χ3n) is 2.21. The van der Waals surface area contributed by atoms with Crippen LogP contribution in [0.4, 0.5) is 0 Å². The molecular formula is C13H13Br2NO. The van der Waals surface area contributed by atoms with E-state index >= 15 is 0 Å². The lowest BCUT2D eigenvalue weighted by Crippen LogP contribution is -1.98. The van der Waals surface area contributed by atoms with Crippen LogP contribution >= 0.6 is 32.9 Å². The second-order valence-electron chi connectivity index (χ2n) is 3.36. The normalized spacial score (nSPS) is 9.47. The molecule has 0 N–H and O–H groups in total. The summed E-state index contributed by atoms with van der Waals surface area (Å²) in [6.07, 6.45) is 1.77. The fourth-order valence-corrected chi connectivity index (χ4v) is 1.81. The summed E-state index contributed by atoms with van der Waals surface area (Å²) in [6.45, 7) is 0.576. The Balaban J connectivity index is 0.00000144. The summed E-state index contributed by atoms with van der Waals surface area (Å²) in [5, 5.41) is 0.706. The lowest BCUT2D eigenvalue weighted by atomic mass is 10.2. The highest BCUT2D eigenvalue weighted by Gasteiger charge is 2.02. The second-order valence-corrected chi connectivity index (χ2v) is 3.92. The van der Waals surface area contributed by atoms with Crippen LogP contribution in [-0.2, 0) is 11.9 Å². The highest BCUT2D eigenvalue weighted by atomic mass is 79.9. The van der Waals surface area contributed by atoms with Crippen LogP contribution in [0.1, 0.15) is 11.3 Å². The Kier molecular flexibility index (Phi) is 6.22. The second kappa shape index (κ2) is 7.45. The van der Waals surface area contributed by atoms with Crippen LogP contribution in [0.3, 0.4) is 0 Å². The number of ether oxygens (including phenoxy) is 1. The zero-order valence-electron chi connectivity index (χ0n) is 9.17. The Bertz CT molecular complexity index is 448. The number of hydrogen-bond acceptors (Lipinski definition) is 2. The maximum absolute atomic E-state index is 5.72. The Hall–Kier alpha value is -0.870. The number of halogens is 2. The zero-order chi connectivity index (χ0) is 11.2. The highest BCUT2D eigenvalue weighted by Crippen LogP contribution is 2.19. The number of aromatic nitrogens is 1. The van der Waals surface area contributed by atoms with Crippen molar-refractivity contribution < 1.29 is 4.74 Å². The molecule has 90 valence electrons. The number of nitrogens with zero attached hydrogens (tertiary/aromatic N) is 1. The van der Waals surface area contributed by atoms with Gasteiger partial charge in [0.1, 0.15) is 12.4 Å². The molecule has 0 unspecified atom stereocenters. The van der Waals surface area contributed by atoms with Crippen molar-refractivity contribution in [3.05, 3.63) is 59.9 Å². The summed E-state index contributed by atoms with van der Waals surface area (Å²) < 4.78 is 5.72. The van der Waals surface area contributed by atoms with Crippen molar-refractivity contribution in [1.82, 2.24) is 4.98 Å². The predicted octanol–water partition coefficient (Wildman–Crippen LogP) is 4.13. The number of alkyl halides is 1. The van der Waals surface area contributed by atoms with Crippen LogP contribution in [0, 0.1) is 0 Å². The molecule has 17 heavy (non-hydrogen) atoms. The molecule has 0 saturated heterocycles. The molecule has 0 bridgehead atoms. The van der Waals surface area contributed by atoms with Gasteiger partial charge in [0.2, 0.25) is 0 Å². The number of rotatable bonds is 4. The Labute approximate surface area is 120 Å². The number of pyridine rings is 1. The molecule has 2 rings (SSSR count). The Morgan fingerprint density at radius 1 is 1.06 bits per heavy atom. The molecule has 4 heteroatoms. The monoisotopic (exact) mass is 357 g/mol. The minimum atomic E-state index is 0. The van der Waals surface area contributed by atoms with Crippen molar-refractivity contribution in [1.29, 1.82) is 0 Å². The maximum atomic E-state index is 5.72. The van der Waals surface area contributed by atoms with Gasteiger partial charge in [-0.1, -0.05) is 46.3 Å². The average Bonchev–Trinajstić information content (AvgIpc) is 2.38. The van der Waals surface area contributed by atoms with E-state index in [1.165, 1.54) is 0 Å². The van der Waals surface area contributed by atoms with E-state index in [1.807, 2.05) is 42.5 Å². The summed E-state index contributed by atoms with van der Waals surface area (Å²) in [6, 6.07) is 13.9. The third kappa shape index (κ3) is 4.13. The van der Waals surface area contributed by atoms with Gasteiger partial charge in [0.25, 0.3) is 0 Å². The van der Waals surface area contributed by atoms with Crippen molar-refractivity contribution in [3.63, 3.8) is 0 Å². The summed E-state index contributed by atoms with van der Waals surface area (Å²) in [7, 11) is 0. The SMILES string of the molecule is Br.BrCc1ncccc1OCc1ccccc1. The molecule has 1 aromatic carbocycles. The molecule has 2 nitrogen and oxygen atoms in total. The van der Waals surface area contributed by atoms with Gasteiger partial charge in [-0.2, -0.15) is 0 Å². The van der Waals surface area contributed by atoms with Crippen molar-refractivity contribution in [2.45, 2.75) is 11.9 Å². The van der Waals surface area contributed by atoms with Gasteiger partial charge in [-0.15, -0.1) is 17.0 Å². The van der Waals surface area contributed by atoms with E-state index < -0.39 is 0 Å². The first kappa shape index (κ1) is 14.2. The van der Waals surface area contributed by atoms with Crippen LogP contribution in [0.25, 0.3) is 0 Å². The summed E-state index contributed by atoms with van der Waals surface area (Å²) in [5.74, 6) is 0.836. The summed E-state index contributed by atoms with van der Waals surface area (Å²) in [4.78, 5) is 4.24. The molecule has 2 aromatic rings. The summed E-state index contributed by atoms with van der Waals surface area (Å²) in [5.41, 5.74) is 2.09. The van der Waals surface area contributed by atoms with Gasteiger partial charge in [-0.05, 0) is 17.7 Å². The number of benzene rings is 1. The first-order valence-corrected chi connectivity index (χ1v) is 6.19. The largest absolute Gasteiger partial charge is 0.487 e. The van der Waals surface area contributed by atoms with E-state index in [0.29, 0.717) is 11.9 Å². The van der Waals surface area contributed by atoms with E-state index in [0.717, 1.165) is 17.0 Å². The van der Waals surface area contributed by atoms with E-state index in [4.69, 9.17) is 4.74 Å². The van der Waals surface area contributed by atoms with E-state index in [9.17, 15) is 0 Å². The maximum Gasteiger partial charge on any atom is 0.142 e. The van der Waals surface area contributed by atoms with Crippen molar-refractivity contribution >= 4 is 32.9 Å². The molecule has 0 aliphatic heterocycles. The van der Waals surface area contributed by atoms with E-state index in [2.05, 4.69) is 20.9 Å². The van der Waals surface area contributed by atoms with Gasteiger partial charge < -0.3 is 4.74 Å². The number of hydrogen-bond donors (Lipinski definition) is 0. The lowest BCUT2D eigenvalue weighted by molar-refractivity contribution is 0.302. The molecule has 1 heterocycles. The van der Waals surface area contributed by atoms with Crippen molar-refractivity contribution in [2.75, 3.05) is 0 Å². The van der Waals surface area contributed by atoms with E-state index in [1.54, 1.807) is 6.20 Å². The Morgan fingerprint density at radius 3 is 2.53 bits per heavy atom. The van der Waals surface area contributed by atoms with Crippen LogP contribution in [0.2, 0.25) is 0 Å². The van der Waals surface area contributed by atoms with Gasteiger partial charge >= 0.3 is 0 Å². The van der Waals surface area contributed by atoms with Crippen LogP contribution in [0.15, 0.2) is 48.7 Å². The lowest BCUT2D eigenvalue weighted by Gasteiger charge is -2.08. The molecule has 0 spiro atoms. The molecule has 0 fully saturated rings. The fraction of sp³-hybridized carbons (Fsp3) is 0.154. The predicted molar refractivity (Wildman–Crippen MR) is 78.0 cm³/mol. The summed E-state index contributed by atoms with van der Waals surface area (Å²) >= 11 is 3.39. The van der Waals surface area contributed by atoms with E-state index in [-0.39, 0.29) is 17.0 Å². The van der Waals surface area contributed by atoms with Crippen LogP contribution < -0.4 is 4.74 Å². The van der Waals surface area contributed by atoms with Crippen molar-refractivity contribution in [2.24, 2.45) is 0 Å². The van der Waals surface area contributed by atoms with Gasteiger partial charge in [0, 0.05) is 11.5 Å². The standard InChI is InChI=1S/C13H12BrNO.BrH/c14-9-12-13(7-4-8-15-12)16-10-11-5-2-1-3-6-11;/h1-8H,9-10H2;1H. The fourth-order valence-electron chi connectivity index (χ4n) is 1.39. The topological polar surface area (TPSA) is 22.1 Å². The smallest absolute Gasteiger partial charge is 0.142 e. The average molecular weight is 359 g/mol. The molecule has 0 radical (unpaired) electrons. The van der Waals surface area contributed by atoms with Gasteiger partial charge in [-0.25, -0.2) is 0 Å². The molecule has 0 atom stereocenters. The molecule has 1 aromatic heterocycles. The molecule has 0 aliphatic carbocycles. The van der Waals surface area contributed by atoms with Gasteiger partial charge in [0.15, 0.2) is 0 Å². The van der Waals surface area contributed by atoms with Crippen LogP contribution in [-0.4, -0.2) is 4.98 Å².